The number of benzene rings is 2. The first-order valence-electron chi connectivity index (χ1n) is 6.86. The molecule has 0 aromatic heterocycles. The van der Waals surface area contributed by atoms with Crippen LogP contribution in [0.1, 0.15) is 21.5 Å². The summed E-state index contributed by atoms with van der Waals surface area (Å²) < 4.78 is 5.38. The number of carbonyl (C=O) groups is 2. The van der Waals surface area contributed by atoms with Crippen molar-refractivity contribution in [2.75, 3.05) is 11.9 Å². The summed E-state index contributed by atoms with van der Waals surface area (Å²) in [5, 5.41) is 2.81. The Bertz CT molecular complexity index is 694. The SMILES string of the molecule is Cc1cccc(NC(=O)COc2ccc(C(N)=O)cc2)c1C. The van der Waals surface area contributed by atoms with Gasteiger partial charge in [-0.25, -0.2) is 0 Å². The Morgan fingerprint density at radius 2 is 1.77 bits per heavy atom. The molecule has 0 atom stereocenters. The molecule has 0 saturated carbocycles. The van der Waals surface area contributed by atoms with Gasteiger partial charge in [-0.15, -0.1) is 0 Å². The van der Waals surface area contributed by atoms with E-state index in [2.05, 4.69) is 5.32 Å². The molecule has 2 aromatic carbocycles. The van der Waals surface area contributed by atoms with Crippen molar-refractivity contribution in [3.8, 4) is 5.75 Å². The lowest BCUT2D eigenvalue weighted by Gasteiger charge is -2.11. The smallest absolute Gasteiger partial charge is 0.262 e. The second-order valence-corrected chi connectivity index (χ2v) is 4.97. The van der Waals surface area contributed by atoms with E-state index in [0.717, 1.165) is 16.8 Å². The Hall–Kier alpha value is -2.82. The molecule has 3 N–H and O–H groups in total. The third-order valence-corrected chi connectivity index (χ3v) is 3.39. The highest BCUT2D eigenvalue weighted by Crippen LogP contribution is 2.18. The van der Waals surface area contributed by atoms with E-state index in [1.54, 1.807) is 24.3 Å². The average Bonchev–Trinajstić information content (AvgIpc) is 2.50. The summed E-state index contributed by atoms with van der Waals surface area (Å²) in [6.45, 7) is 3.83. The highest BCUT2D eigenvalue weighted by Gasteiger charge is 2.07. The van der Waals surface area contributed by atoms with E-state index in [9.17, 15) is 9.59 Å². The third kappa shape index (κ3) is 3.85. The van der Waals surface area contributed by atoms with Crippen LogP contribution in [0, 0.1) is 13.8 Å². The molecule has 0 saturated heterocycles. The lowest BCUT2D eigenvalue weighted by atomic mass is 10.1. The van der Waals surface area contributed by atoms with Gasteiger partial charge in [-0.1, -0.05) is 12.1 Å². The van der Waals surface area contributed by atoms with Gasteiger partial charge in [-0.05, 0) is 55.3 Å². The minimum Gasteiger partial charge on any atom is -0.484 e. The van der Waals surface area contributed by atoms with E-state index in [-0.39, 0.29) is 12.5 Å². The van der Waals surface area contributed by atoms with Crippen molar-refractivity contribution in [1.82, 2.24) is 0 Å². The highest BCUT2D eigenvalue weighted by atomic mass is 16.5. The first-order valence-corrected chi connectivity index (χ1v) is 6.86. The second-order valence-electron chi connectivity index (χ2n) is 4.97. The Morgan fingerprint density at radius 3 is 2.41 bits per heavy atom. The quantitative estimate of drug-likeness (QED) is 0.889. The van der Waals surface area contributed by atoms with Crippen LogP contribution < -0.4 is 15.8 Å². The van der Waals surface area contributed by atoms with Gasteiger partial charge >= 0.3 is 0 Å². The first-order chi connectivity index (χ1) is 10.5. The van der Waals surface area contributed by atoms with Gasteiger partial charge < -0.3 is 15.8 Å². The molecule has 0 heterocycles. The van der Waals surface area contributed by atoms with Gasteiger partial charge in [-0.3, -0.25) is 9.59 Å². The molecular formula is C17H18N2O3. The average molecular weight is 298 g/mol. The first kappa shape index (κ1) is 15.6. The van der Waals surface area contributed by atoms with Gasteiger partial charge in [-0.2, -0.15) is 0 Å². The van der Waals surface area contributed by atoms with Crippen LogP contribution in [0.3, 0.4) is 0 Å². The summed E-state index contributed by atoms with van der Waals surface area (Å²) in [4.78, 5) is 22.9. The molecule has 22 heavy (non-hydrogen) atoms. The van der Waals surface area contributed by atoms with Crippen molar-refractivity contribution in [2.24, 2.45) is 5.73 Å². The molecule has 2 rings (SSSR count). The molecule has 2 amide bonds. The van der Waals surface area contributed by atoms with Crippen molar-refractivity contribution in [1.29, 1.82) is 0 Å². The molecule has 0 bridgehead atoms. The van der Waals surface area contributed by atoms with Crippen LogP contribution in [-0.2, 0) is 4.79 Å². The molecule has 0 fully saturated rings. The third-order valence-electron chi connectivity index (χ3n) is 3.39. The number of hydrogen-bond donors (Lipinski definition) is 2. The van der Waals surface area contributed by atoms with Crippen molar-refractivity contribution < 1.29 is 14.3 Å². The summed E-state index contributed by atoms with van der Waals surface area (Å²) in [6.07, 6.45) is 0. The van der Waals surface area contributed by atoms with Gasteiger partial charge in [0.15, 0.2) is 6.61 Å². The van der Waals surface area contributed by atoms with Gasteiger partial charge in [0.2, 0.25) is 5.91 Å². The van der Waals surface area contributed by atoms with Crippen molar-refractivity contribution in [2.45, 2.75) is 13.8 Å². The van der Waals surface area contributed by atoms with E-state index in [1.807, 2.05) is 32.0 Å². The van der Waals surface area contributed by atoms with Crippen LogP contribution in [0.25, 0.3) is 0 Å². The maximum absolute atomic E-state index is 11.9. The zero-order chi connectivity index (χ0) is 16.1. The number of ether oxygens (including phenoxy) is 1. The number of nitrogens with one attached hydrogen (secondary N) is 1. The standard InChI is InChI=1S/C17H18N2O3/c1-11-4-3-5-15(12(11)2)19-16(20)10-22-14-8-6-13(7-9-14)17(18)21/h3-9H,10H2,1-2H3,(H2,18,21)(H,19,20). The van der Waals surface area contributed by atoms with Gasteiger partial charge in [0.05, 0.1) is 0 Å². The molecule has 0 unspecified atom stereocenters. The molecule has 0 aliphatic carbocycles. The maximum Gasteiger partial charge on any atom is 0.262 e. The summed E-state index contributed by atoms with van der Waals surface area (Å²) >= 11 is 0. The summed E-state index contributed by atoms with van der Waals surface area (Å²) in [5.41, 5.74) is 8.47. The van der Waals surface area contributed by atoms with Crippen LogP contribution in [0.2, 0.25) is 0 Å². The Balaban J connectivity index is 1.92. The van der Waals surface area contributed by atoms with Crippen LogP contribution >= 0.6 is 0 Å². The monoisotopic (exact) mass is 298 g/mol. The number of nitrogens with two attached hydrogens (primary N) is 1. The Kier molecular flexibility index (Phi) is 4.78. The van der Waals surface area contributed by atoms with Crippen molar-refractivity contribution in [3.63, 3.8) is 0 Å². The number of aryl methyl sites for hydroxylation is 1. The molecule has 5 heteroatoms. The van der Waals surface area contributed by atoms with Crippen LogP contribution in [0.15, 0.2) is 42.5 Å². The molecule has 2 aromatic rings. The van der Waals surface area contributed by atoms with E-state index < -0.39 is 5.91 Å². The van der Waals surface area contributed by atoms with Crippen LogP contribution in [0.4, 0.5) is 5.69 Å². The summed E-state index contributed by atoms with van der Waals surface area (Å²) in [6, 6.07) is 12.0. The maximum atomic E-state index is 11.9. The topological polar surface area (TPSA) is 81.4 Å². The van der Waals surface area contributed by atoms with Crippen LogP contribution in [0.5, 0.6) is 5.75 Å². The number of carbonyl (C=O) groups excluding carboxylic acids is 2. The predicted octanol–water partition coefficient (Wildman–Crippen LogP) is 2.42. The largest absolute Gasteiger partial charge is 0.484 e. The molecule has 0 spiro atoms. The fourth-order valence-electron chi connectivity index (χ4n) is 1.94. The second kappa shape index (κ2) is 6.76. The predicted molar refractivity (Wildman–Crippen MR) is 85.0 cm³/mol. The lowest BCUT2D eigenvalue weighted by Crippen LogP contribution is -2.20. The van der Waals surface area contributed by atoms with E-state index in [0.29, 0.717) is 11.3 Å². The van der Waals surface area contributed by atoms with Crippen molar-refractivity contribution >= 4 is 17.5 Å². The van der Waals surface area contributed by atoms with Gasteiger partial charge in [0, 0.05) is 11.3 Å². The van der Waals surface area contributed by atoms with Gasteiger partial charge in [0.25, 0.3) is 5.91 Å². The zero-order valence-corrected chi connectivity index (χ0v) is 12.6. The molecule has 114 valence electrons. The molecule has 0 radical (unpaired) electrons. The number of anilines is 1. The Labute approximate surface area is 129 Å². The lowest BCUT2D eigenvalue weighted by molar-refractivity contribution is -0.118. The van der Waals surface area contributed by atoms with E-state index in [1.165, 1.54) is 0 Å². The summed E-state index contributed by atoms with van der Waals surface area (Å²) in [5.74, 6) is -0.243. The normalized spacial score (nSPS) is 10.1. The van der Waals surface area contributed by atoms with Gasteiger partial charge in [0.1, 0.15) is 5.75 Å². The number of primary amides is 1. The van der Waals surface area contributed by atoms with E-state index >= 15 is 0 Å². The molecule has 5 nitrogen and oxygen atoms in total. The molecule has 0 aliphatic heterocycles. The van der Waals surface area contributed by atoms with Crippen molar-refractivity contribution in [3.05, 3.63) is 59.2 Å². The fourth-order valence-corrected chi connectivity index (χ4v) is 1.94. The minimum atomic E-state index is -0.501. The minimum absolute atomic E-state index is 0.108. The Morgan fingerprint density at radius 1 is 1.09 bits per heavy atom. The highest BCUT2D eigenvalue weighted by molar-refractivity contribution is 5.93. The zero-order valence-electron chi connectivity index (χ0n) is 12.6. The number of hydrogen-bond acceptors (Lipinski definition) is 3. The molecule has 0 aliphatic rings. The van der Waals surface area contributed by atoms with Crippen LogP contribution in [-0.4, -0.2) is 18.4 Å². The molecular weight excluding hydrogens is 280 g/mol. The number of rotatable bonds is 5. The van der Waals surface area contributed by atoms with E-state index in [4.69, 9.17) is 10.5 Å². The summed E-state index contributed by atoms with van der Waals surface area (Å²) in [7, 11) is 0. The number of amides is 2. The fraction of sp³-hybridized carbons (Fsp3) is 0.176.